The lowest BCUT2D eigenvalue weighted by molar-refractivity contribution is -0.137. The minimum atomic E-state index is -4.52. The number of halogens is 4. The molecule has 0 aliphatic rings. The van der Waals surface area contributed by atoms with Crippen molar-refractivity contribution in [2.45, 2.75) is 6.18 Å². The van der Waals surface area contributed by atoms with Crippen LogP contribution >= 0.6 is 15.9 Å². The summed E-state index contributed by atoms with van der Waals surface area (Å²) < 4.78 is 49.2. The lowest BCUT2D eigenvalue weighted by atomic mass is 10.2. The molecule has 2 aromatic rings. The maximum atomic E-state index is 12.7. The number of amides is 1. The third-order valence-corrected chi connectivity index (χ3v) is 4.08. The van der Waals surface area contributed by atoms with Crippen LogP contribution in [0.3, 0.4) is 0 Å². The van der Waals surface area contributed by atoms with Crippen LogP contribution in [-0.2, 0) is 15.8 Å². The van der Waals surface area contributed by atoms with Crippen LogP contribution in [0.1, 0.15) is 11.1 Å². The van der Waals surface area contributed by atoms with Crippen molar-refractivity contribution in [2.75, 3.05) is 19.0 Å². The van der Waals surface area contributed by atoms with Gasteiger partial charge in [-0.2, -0.15) is 13.2 Å². The number of carbonyl (C=O) groups is 2. The summed E-state index contributed by atoms with van der Waals surface area (Å²) in [6, 6.07) is 7.29. The van der Waals surface area contributed by atoms with Gasteiger partial charge >= 0.3 is 12.1 Å². The molecule has 0 radical (unpaired) electrons. The number of ether oxygens (including phenoxy) is 2. The number of aliphatic carboxylic acids is 1. The number of anilines is 1. The van der Waals surface area contributed by atoms with E-state index in [2.05, 4.69) is 21.2 Å². The molecule has 10 heteroatoms. The summed E-state index contributed by atoms with van der Waals surface area (Å²) >= 11 is 3.25. The fourth-order valence-electron chi connectivity index (χ4n) is 2.25. The molecule has 0 aromatic heterocycles. The molecule has 0 saturated carbocycles. The minimum absolute atomic E-state index is 0.0198. The van der Waals surface area contributed by atoms with E-state index in [0.29, 0.717) is 10.0 Å². The largest absolute Gasteiger partial charge is 0.493 e. The summed E-state index contributed by atoms with van der Waals surface area (Å²) in [7, 11) is 1.36. The minimum Gasteiger partial charge on any atom is -0.493 e. The first-order valence-electron chi connectivity index (χ1n) is 7.98. The number of carbonyl (C=O) groups excluding carboxylic acids is 1. The number of methoxy groups -OCH3 is 1. The molecule has 29 heavy (non-hydrogen) atoms. The highest BCUT2D eigenvalue weighted by Crippen LogP contribution is 2.37. The summed E-state index contributed by atoms with van der Waals surface area (Å²) in [4.78, 5) is 22.7. The molecule has 0 atom stereocenters. The number of hydrogen-bond acceptors (Lipinski definition) is 4. The van der Waals surface area contributed by atoms with E-state index in [0.717, 1.165) is 18.2 Å². The van der Waals surface area contributed by atoms with Crippen molar-refractivity contribution >= 4 is 39.6 Å². The first-order chi connectivity index (χ1) is 13.6. The molecular formula is C19H15BrF3NO5. The van der Waals surface area contributed by atoms with E-state index in [4.69, 9.17) is 14.6 Å². The molecule has 2 aromatic carbocycles. The fraction of sp³-hybridized carbons (Fsp3) is 0.158. The smallest absolute Gasteiger partial charge is 0.416 e. The number of rotatable bonds is 7. The van der Waals surface area contributed by atoms with Gasteiger partial charge < -0.3 is 19.9 Å². The van der Waals surface area contributed by atoms with Crippen LogP contribution in [0, 0.1) is 0 Å². The van der Waals surface area contributed by atoms with E-state index in [1.165, 1.54) is 31.4 Å². The van der Waals surface area contributed by atoms with Crippen LogP contribution in [0.4, 0.5) is 18.9 Å². The van der Waals surface area contributed by atoms with Crippen LogP contribution in [0.2, 0.25) is 0 Å². The van der Waals surface area contributed by atoms with Gasteiger partial charge in [0, 0.05) is 11.8 Å². The molecule has 0 aliphatic heterocycles. The Balaban J connectivity index is 2.09. The van der Waals surface area contributed by atoms with Crippen LogP contribution in [0.25, 0.3) is 6.08 Å². The zero-order chi connectivity index (χ0) is 21.6. The van der Waals surface area contributed by atoms with Crippen molar-refractivity contribution in [1.82, 2.24) is 0 Å². The summed E-state index contributed by atoms with van der Waals surface area (Å²) in [5, 5.41) is 11.0. The standard InChI is InChI=1S/C19H15BrF3NO5/c1-28-15-8-11(5-6-17(26)27)7-14(20)18(15)29-10-16(25)24-13-4-2-3-12(9-13)19(21,22)23/h2-9H,10H2,1H3,(H,24,25)(H,26,27)/b6-5+. The Labute approximate surface area is 172 Å². The quantitative estimate of drug-likeness (QED) is 0.574. The molecule has 0 aliphatic carbocycles. The Morgan fingerprint density at radius 1 is 1.24 bits per heavy atom. The number of carboxylic acids is 1. The molecule has 2 rings (SSSR count). The molecule has 0 saturated heterocycles. The topological polar surface area (TPSA) is 84.9 Å². The normalized spacial score (nSPS) is 11.3. The lowest BCUT2D eigenvalue weighted by Crippen LogP contribution is -2.20. The lowest BCUT2D eigenvalue weighted by Gasteiger charge is -2.14. The number of alkyl halides is 3. The number of benzene rings is 2. The number of hydrogen-bond donors (Lipinski definition) is 2. The Hall–Kier alpha value is -3.01. The van der Waals surface area contributed by atoms with Crippen molar-refractivity contribution in [3.05, 3.63) is 58.1 Å². The zero-order valence-corrected chi connectivity index (χ0v) is 16.5. The van der Waals surface area contributed by atoms with Gasteiger partial charge in [-0.1, -0.05) is 6.07 Å². The zero-order valence-electron chi connectivity index (χ0n) is 14.9. The highest BCUT2D eigenvalue weighted by molar-refractivity contribution is 9.10. The molecule has 0 heterocycles. The SMILES string of the molecule is COc1cc(/C=C/C(=O)O)cc(Br)c1OCC(=O)Nc1cccc(C(F)(F)F)c1. The Morgan fingerprint density at radius 3 is 2.59 bits per heavy atom. The van der Waals surface area contributed by atoms with Gasteiger partial charge in [-0.3, -0.25) is 4.79 Å². The monoisotopic (exact) mass is 473 g/mol. The van der Waals surface area contributed by atoms with E-state index in [-0.39, 0.29) is 17.2 Å². The summed E-state index contributed by atoms with van der Waals surface area (Å²) in [5.41, 5.74) is -0.392. The van der Waals surface area contributed by atoms with Gasteiger partial charge in [0.05, 0.1) is 17.1 Å². The first kappa shape index (κ1) is 22.3. The first-order valence-corrected chi connectivity index (χ1v) is 8.78. The molecule has 0 bridgehead atoms. The third kappa shape index (κ3) is 6.53. The Bertz CT molecular complexity index is 944. The van der Waals surface area contributed by atoms with Crippen LogP contribution < -0.4 is 14.8 Å². The van der Waals surface area contributed by atoms with Crippen LogP contribution in [-0.4, -0.2) is 30.7 Å². The van der Waals surface area contributed by atoms with E-state index in [1.54, 1.807) is 6.07 Å². The van der Waals surface area contributed by atoms with Crippen molar-refractivity contribution in [2.24, 2.45) is 0 Å². The third-order valence-electron chi connectivity index (χ3n) is 3.49. The molecule has 0 fully saturated rings. The van der Waals surface area contributed by atoms with Crippen molar-refractivity contribution in [1.29, 1.82) is 0 Å². The van der Waals surface area contributed by atoms with Crippen molar-refractivity contribution < 1.29 is 37.3 Å². The van der Waals surface area contributed by atoms with Gasteiger partial charge in [0.15, 0.2) is 18.1 Å². The summed E-state index contributed by atoms with van der Waals surface area (Å²) in [6.45, 7) is -0.491. The Kier molecular flexibility index (Phi) is 7.27. The van der Waals surface area contributed by atoms with E-state index >= 15 is 0 Å². The van der Waals surface area contributed by atoms with Gasteiger partial charge in [-0.05, 0) is 57.9 Å². The van der Waals surface area contributed by atoms with Gasteiger partial charge in [-0.15, -0.1) is 0 Å². The maximum absolute atomic E-state index is 12.7. The molecule has 0 unspecified atom stereocenters. The van der Waals surface area contributed by atoms with Gasteiger partial charge in [0.25, 0.3) is 5.91 Å². The molecule has 1 amide bonds. The van der Waals surface area contributed by atoms with Crippen molar-refractivity contribution in [3.8, 4) is 11.5 Å². The second kappa shape index (κ2) is 9.46. The van der Waals surface area contributed by atoms with Crippen LogP contribution in [0.5, 0.6) is 11.5 Å². The fourth-order valence-corrected chi connectivity index (χ4v) is 2.83. The predicted octanol–water partition coefficient (Wildman–Crippen LogP) is 4.59. The van der Waals surface area contributed by atoms with Gasteiger partial charge in [0.2, 0.25) is 0 Å². The van der Waals surface area contributed by atoms with Gasteiger partial charge in [0.1, 0.15) is 0 Å². The summed E-state index contributed by atoms with van der Waals surface area (Å²) in [6.07, 6.45) is -2.23. The molecule has 154 valence electrons. The number of carboxylic acid groups (broad SMARTS) is 1. The highest BCUT2D eigenvalue weighted by atomic mass is 79.9. The maximum Gasteiger partial charge on any atom is 0.416 e. The molecule has 2 N–H and O–H groups in total. The molecular weight excluding hydrogens is 459 g/mol. The second-order valence-electron chi connectivity index (χ2n) is 5.62. The highest BCUT2D eigenvalue weighted by Gasteiger charge is 2.30. The van der Waals surface area contributed by atoms with E-state index in [1.807, 2.05) is 0 Å². The van der Waals surface area contributed by atoms with E-state index < -0.39 is 30.2 Å². The molecule has 6 nitrogen and oxygen atoms in total. The number of nitrogens with one attached hydrogen (secondary N) is 1. The van der Waals surface area contributed by atoms with Gasteiger partial charge in [-0.25, -0.2) is 4.79 Å². The van der Waals surface area contributed by atoms with E-state index in [9.17, 15) is 22.8 Å². The molecule has 0 spiro atoms. The Morgan fingerprint density at radius 2 is 1.97 bits per heavy atom. The average molecular weight is 474 g/mol. The average Bonchev–Trinajstić information content (AvgIpc) is 2.64. The van der Waals surface area contributed by atoms with Crippen LogP contribution in [0.15, 0.2) is 46.9 Å². The second-order valence-corrected chi connectivity index (χ2v) is 6.48. The summed E-state index contributed by atoms with van der Waals surface area (Å²) in [5.74, 6) is -1.38. The van der Waals surface area contributed by atoms with Crippen molar-refractivity contribution in [3.63, 3.8) is 0 Å². The predicted molar refractivity (Wildman–Crippen MR) is 103 cm³/mol.